The Morgan fingerprint density at radius 3 is 2.36 bits per heavy atom. The minimum absolute atomic E-state index is 0.101. The summed E-state index contributed by atoms with van der Waals surface area (Å²) in [5, 5.41) is 12.0. The molecule has 1 aromatic carbocycles. The number of hydrogen-bond donors (Lipinski definition) is 2. The van der Waals surface area contributed by atoms with Crippen molar-refractivity contribution < 1.29 is 14.6 Å². The molecule has 0 saturated heterocycles. The highest BCUT2D eigenvalue weighted by molar-refractivity contribution is 5.81. The number of ether oxygens (including phenoxy) is 1. The van der Waals surface area contributed by atoms with Gasteiger partial charge in [-0.15, -0.1) is 0 Å². The van der Waals surface area contributed by atoms with Crippen LogP contribution in [0.25, 0.3) is 0 Å². The highest BCUT2D eigenvalue weighted by Crippen LogP contribution is 2.38. The van der Waals surface area contributed by atoms with Gasteiger partial charge in [0.2, 0.25) is 0 Å². The van der Waals surface area contributed by atoms with Crippen LogP contribution in [-0.4, -0.2) is 29.3 Å². The fourth-order valence-electron chi connectivity index (χ4n) is 2.46. The van der Waals surface area contributed by atoms with Crippen molar-refractivity contribution in [1.29, 1.82) is 0 Å². The second-order valence-electron chi connectivity index (χ2n) is 7.28. The van der Waals surface area contributed by atoms with E-state index in [0.29, 0.717) is 12.2 Å². The quantitative estimate of drug-likeness (QED) is 0.849. The van der Waals surface area contributed by atoms with Crippen molar-refractivity contribution >= 4 is 5.91 Å². The maximum Gasteiger partial charge on any atom is 0.261 e. The zero-order valence-electron chi connectivity index (χ0n) is 14.0. The molecular weight excluding hydrogens is 278 g/mol. The van der Waals surface area contributed by atoms with Crippen molar-refractivity contribution in [3.63, 3.8) is 0 Å². The fourth-order valence-corrected chi connectivity index (χ4v) is 2.46. The van der Waals surface area contributed by atoms with Crippen LogP contribution in [0.5, 0.6) is 5.75 Å². The van der Waals surface area contributed by atoms with Gasteiger partial charge in [-0.25, -0.2) is 0 Å². The van der Waals surface area contributed by atoms with E-state index < -0.39 is 6.10 Å². The van der Waals surface area contributed by atoms with E-state index >= 15 is 0 Å². The number of aliphatic hydroxyl groups excluding tert-OH is 1. The first-order valence-electron chi connectivity index (χ1n) is 7.96. The lowest BCUT2D eigenvalue weighted by atomic mass is 9.87. The van der Waals surface area contributed by atoms with Crippen LogP contribution in [0.2, 0.25) is 0 Å². The Balaban J connectivity index is 1.91. The van der Waals surface area contributed by atoms with E-state index in [2.05, 4.69) is 26.1 Å². The molecule has 1 saturated carbocycles. The first kappa shape index (κ1) is 16.8. The average molecular weight is 305 g/mol. The molecule has 1 aromatic rings. The van der Waals surface area contributed by atoms with E-state index in [1.165, 1.54) is 5.56 Å². The van der Waals surface area contributed by atoms with Crippen LogP contribution in [0, 0.1) is 0 Å². The monoisotopic (exact) mass is 305 g/mol. The molecule has 0 bridgehead atoms. The second-order valence-corrected chi connectivity index (χ2v) is 7.28. The summed E-state index contributed by atoms with van der Waals surface area (Å²) in [6, 6.07) is 7.89. The average Bonchev–Trinajstić information content (AvgIpc) is 3.18. The largest absolute Gasteiger partial charge is 0.481 e. The van der Waals surface area contributed by atoms with Gasteiger partial charge in [0.1, 0.15) is 5.75 Å². The zero-order chi connectivity index (χ0) is 16.4. The number of rotatable bonds is 6. The summed E-state index contributed by atoms with van der Waals surface area (Å²) in [4.78, 5) is 12.2. The Morgan fingerprint density at radius 2 is 1.91 bits per heavy atom. The van der Waals surface area contributed by atoms with Crippen LogP contribution < -0.4 is 10.1 Å². The Labute approximate surface area is 132 Å². The summed E-state index contributed by atoms with van der Waals surface area (Å²) in [5.41, 5.74) is 1.14. The molecule has 0 unspecified atom stereocenters. The molecule has 1 fully saturated rings. The highest BCUT2D eigenvalue weighted by Gasteiger charge is 2.44. The van der Waals surface area contributed by atoms with Gasteiger partial charge in [-0.1, -0.05) is 32.9 Å². The predicted octanol–water partition coefficient (Wildman–Crippen LogP) is 2.78. The third-order valence-electron chi connectivity index (χ3n) is 4.23. The predicted molar refractivity (Wildman–Crippen MR) is 87.0 cm³/mol. The molecular formula is C18H27NO3. The third kappa shape index (κ3) is 4.23. The van der Waals surface area contributed by atoms with Crippen molar-refractivity contribution in [2.45, 2.75) is 64.0 Å². The third-order valence-corrected chi connectivity index (χ3v) is 4.23. The Kier molecular flexibility index (Phi) is 4.81. The van der Waals surface area contributed by atoms with Gasteiger partial charge in [0.15, 0.2) is 6.10 Å². The summed E-state index contributed by atoms with van der Waals surface area (Å²) in [7, 11) is 0. The minimum Gasteiger partial charge on any atom is -0.481 e. The number of carbonyl (C=O) groups excluding carboxylic acids is 1. The summed E-state index contributed by atoms with van der Waals surface area (Å²) in [5.74, 6) is 0.577. The molecule has 1 aliphatic rings. The summed E-state index contributed by atoms with van der Waals surface area (Å²) in [6.07, 6.45) is 1.95. The lowest BCUT2D eigenvalue weighted by molar-refractivity contribution is -0.128. The van der Waals surface area contributed by atoms with Gasteiger partial charge in [0.05, 0.1) is 0 Å². The fraction of sp³-hybridized carbons (Fsp3) is 0.611. The summed E-state index contributed by atoms with van der Waals surface area (Å²) in [6.45, 7) is 8.34. The first-order valence-corrected chi connectivity index (χ1v) is 7.96. The molecule has 0 aliphatic heterocycles. The van der Waals surface area contributed by atoms with Gasteiger partial charge in [-0.3, -0.25) is 4.79 Å². The molecule has 1 atom stereocenters. The Hall–Kier alpha value is -1.55. The SMILES string of the molecule is C[C@@H](Oc1ccc(C(C)(C)C)cc1)C(=O)NC1(CCO)CC1. The van der Waals surface area contributed by atoms with E-state index in [1.54, 1.807) is 6.92 Å². The second kappa shape index (κ2) is 6.29. The molecule has 1 aliphatic carbocycles. The normalized spacial score (nSPS) is 17.7. The highest BCUT2D eigenvalue weighted by atomic mass is 16.5. The zero-order valence-corrected chi connectivity index (χ0v) is 14.0. The van der Waals surface area contributed by atoms with Crippen LogP contribution in [0.15, 0.2) is 24.3 Å². The van der Waals surface area contributed by atoms with E-state index in [0.717, 1.165) is 12.8 Å². The van der Waals surface area contributed by atoms with Crippen LogP contribution in [0.4, 0.5) is 0 Å². The summed E-state index contributed by atoms with van der Waals surface area (Å²) < 4.78 is 5.72. The number of carbonyl (C=O) groups is 1. The van der Waals surface area contributed by atoms with E-state index in [1.807, 2.05) is 24.3 Å². The lowest BCUT2D eigenvalue weighted by Crippen LogP contribution is -2.44. The molecule has 22 heavy (non-hydrogen) atoms. The smallest absolute Gasteiger partial charge is 0.261 e. The molecule has 2 N–H and O–H groups in total. The topological polar surface area (TPSA) is 58.6 Å². The number of hydrogen-bond acceptors (Lipinski definition) is 3. The van der Waals surface area contributed by atoms with Gasteiger partial charge in [0, 0.05) is 12.1 Å². The van der Waals surface area contributed by atoms with Gasteiger partial charge in [0.25, 0.3) is 5.91 Å². The van der Waals surface area contributed by atoms with Crippen molar-refractivity contribution in [3.8, 4) is 5.75 Å². The molecule has 0 heterocycles. The molecule has 122 valence electrons. The molecule has 1 amide bonds. The van der Waals surface area contributed by atoms with E-state index in [4.69, 9.17) is 9.84 Å². The van der Waals surface area contributed by atoms with Crippen molar-refractivity contribution in [3.05, 3.63) is 29.8 Å². The molecule has 0 spiro atoms. The molecule has 0 radical (unpaired) electrons. The lowest BCUT2D eigenvalue weighted by Gasteiger charge is -2.22. The van der Waals surface area contributed by atoms with Crippen LogP contribution in [-0.2, 0) is 10.2 Å². The van der Waals surface area contributed by atoms with E-state index in [9.17, 15) is 4.79 Å². The molecule has 2 rings (SSSR count). The molecule has 4 nitrogen and oxygen atoms in total. The van der Waals surface area contributed by atoms with Crippen LogP contribution >= 0.6 is 0 Å². The number of amides is 1. The van der Waals surface area contributed by atoms with Gasteiger partial charge in [-0.05, 0) is 49.3 Å². The number of nitrogens with one attached hydrogen (secondary N) is 1. The van der Waals surface area contributed by atoms with E-state index in [-0.39, 0.29) is 23.5 Å². The number of aliphatic hydroxyl groups is 1. The summed E-state index contributed by atoms with van der Waals surface area (Å²) >= 11 is 0. The maximum atomic E-state index is 12.2. The van der Waals surface area contributed by atoms with Crippen LogP contribution in [0.3, 0.4) is 0 Å². The minimum atomic E-state index is -0.545. The first-order chi connectivity index (χ1) is 10.3. The Morgan fingerprint density at radius 1 is 1.32 bits per heavy atom. The molecule has 4 heteroatoms. The van der Waals surface area contributed by atoms with Crippen molar-refractivity contribution in [1.82, 2.24) is 5.32 Å². The van der Waals surface area contributed by atoms with Crippen LogP contribution in [0.1, 0.15) is 52.5 Å². The van der Waals surface area contributed by atoms with Crippen molar-refractivity contribution in [2.75, 3.05) is 6.61 Å². The number of benzene rings is 1. The maximum absolute atomic E-state index is 12.2. The van der Waals surface area contributed by atoms with Gasteiger partial charge in [-0.2, -0.15) is 0 Å². The standard InChI is InChI=1S/C18H27NO3/c1-13(16(21)19-18(9-10-18)11-12-20)22-15-7-5-14(6-8-15)17(2,3)4/h5-8,13,20H,9-12H2,1-4H3,(H,19,21)/t13-/m1/s1. The van der Waals surface area contributed by atoms with Gasteiger partial charge >= 0.3 is 0 Å². The van der Waals surface area contributed by atoms with Gasteiger partial charge < -0.3 is 15.2 Å². The van der Waals surface area contributed by atoms with Crippen molar-refractivity contribution in [2.24, 2.45) is 0 Å². The molecule has 0 aromatic heterocycles. The Bertz CT molecular complexity index is 512.